The van der Waals surface area contributed by atoms with Crippen LogP contribution in [0, 0.1) is 0 Å². The lowest BCUT2D eigenvalue weighted by molar-refractivity contribution is 0.0564. The highest BCUT2D eigenvalue weighted by Crippen LogP contribution is 2.60. The lowest BCUT2D eigenvalue weighted by Crippen LogP contribution is -2.34. The number of rotatable bonds is 13. The Labute approximate surface area is 317 Å². The highest BCUT2D eigenvalue weighted by Gasteiger charge is 2.51. The van der Waals surface area contributed by atoms with Gasteiger partial charge in [-0.3, -0.25) is 9.13 Å². The molecule has 0 atom stereocenters. The van der Waals surface area contributed by atoms with Crippen LogP contribution in [0.3, 0.4) is 0 Å². The Bertz CT molecular complexity index is 2490. The Morgan fingerprint density at radius 1 is 0.607 bits per heavy atom. The minimum absolute atomic E-state index is 0.0260. The molecule has 0 saturated heterocycles. The second-order valence-electron chi connectivity index (χ2n) is 13.5. The third kappa shape index (κ3) is 7.52. The predicted octanol–water partition coefficient (Wildman–Crippen LogP) is 8.97. The van der Waals surface area contributed by atoms with Gasteiger partial charge in [-0.15, -0.1) is 0 Å². The van der Waals surface area contributed by atoms with Gasteiger partial charge in [0.15, 0.2) is 0 Å². The summed E-state index contributed by atoms with van der Waals surface area (Å²) in [6.45, 7) is 0.579. The highest BCUT2D eigenvalue weighted by atomic mass is 31.2. The molecule has 0 unspecified atom stereocenters. The van der Waals surface area contributed by atoms with Crippen LogP contribution in [0.1, 0.15) is 39.3 Å². The quantitative estimate of drug-likeness (QED) is 0.0659. The Balaban J connectivity index is 1.40. The maximum atomic E-state index is 14.7. The number of hydrogen-bond acceptors (Lipinski definition) is 5. The van der Waals surface area contributed by atoms with Crippen molar-refractivity contribution in [1.82, 2.24) is 14.7 Å². The standard InChI is InChI=1S/C40H33F4N3O7P2/c41-39(42,55(48,49)50)32-15-11-27(12-16-32)24-38(37-45-36(46-54-37)30-9-5-2-6-10-30,25-28-13-17-33(18-14-28)40(43,44)56(51,52)53)34-19-20-35-31(23-34)21-22-47(35)26-29-7-3-1-4-8-29/h1-23H,24-26H2,(H2,48,49,50)(H2,51,52,53). The van der Waals surface area contributed by atoms with E-state index in [1.807, 2.05) is 66.9 Å². The summed E-state index contributed by atoms with van der Waals surface area (Å²) in [5.41, 5.74) is -8.02. The molecule has 0 aliphatic carbocycles. The first-order valence-electron chi connectivity index (χ1n) is 17.1. The Morgan fingerprint density at radius 3 is 1.62 bits per heavy atom. The Kier molecular flexibility index (Phi) is 10.3. The topological polar surface area (TPSA) is 159 Å². The highest BCUT2D eigenvalue weighted by molar-refractivity contribution is 7.52. The van der Waals surface area contributed by atoms with Gasteiger partial charge in [-0.25, -0.2) is 0 Å². The van der Waals surface area contributed by atoms with Gasteiger partial charge in [-0.05, 0) is 58.7 Å². The van der Waals surface area contributed by atoms with Crippen LogP contribution < -0.4 is 0 Å². The summed E-state index contributed by atoms with van der Waals surface area (Å²) in [6.07, 6.45) is 1.88. The molecule has 0 fully saturated rings. The molecular formula is C40H33F4N3O7P2. The van der Waals surface area contributed by atoms with Gasteiger partial charge in [0.2, 0.25) is 11.7 Å². The number of alkyl halides is 4. The van der Waals surface area contributed by atoms with Crippen LogP contribution in [0.25, 0.3) is 22.3 Å². The fourth-order valence-electron chi connectivity index (χ4n) is 6.76. The summed E-state index contributed by atoms with van der Waals surface area (Å²) in [4.78, 5) is 42.2. The minimum Gasteiger partial charge on any atom is -0.343 e. The summed E-state index contributed by atoms with van der Waals surface area (Å²) in [6, 6.07) is 35.3. The number of halogens is 4. The number of hydrogen-bond donors (Lipinski definition) is 4. The molecular weight excluding hydrogens is 772 g/mol. The SMILES string of the molecule is O=P(O)(O)C(F)(F)c1ccc(CC(Cc2ccc(C(F)(F)P(=O)(O)O)cc2)(c2ccc3c(ccn3Cc3ccccc3)c2)c2nc(-c3ccccc3)no2)cc1. The van der Waals surface area contributed by atoms with Crippen molar-refractivity contribution < 1.29 is 50.8 Å². The first-order chi connectivity index (χ1) is 26.5. The van der Waals surface area contributed by atoms with Gasteiger partial charge in [0.1, 0.15) is 0 Å². The van der Waals surface area contributed by atoms with Gasteiger partial charge in [-0.2, -0.15) is 22.5 Å². The van der Waals surface area contributed by atoms with E-state index >= 15 is 0 Å². The number of aromatic nitrogens is 3. The average Bonchev–Trinajstić information content (AvgIpc) is 3.83. The molecule has 0 bridgehead atoms. The zero-order valence-corrected chi connectivity index (χ0v) is 31.0. The molecule has 288 valence electrons. The van der Waals surface area contributed by atoms with E-state index in [4.69, 9.17) is 9.51 Å². The fourth-order valence-corrected chi connectivity index (χ4v) is 7.73. The van der Waals surface area contributed by atoms with Crippen LogP contribution in [0.5, 0.6) is 0 Å². The van der Waals surface area contributed by atoms with E-state index in [9.17, 15) is 46.3 Å². The first-order valence-corrected chi connectivity index (χ1v) is 20.3. The number of nitrogens with zero attached hydrogens (tertiary/aromatic N) is 3. The summed E-state index contributed by atoms with van der Waals surface area (Å²) < 4.78 is 90.1. The van der Waals surface area contributed by atoms with Gasteiger partial charge < -0.3 is 28.7 Å². The van der Waals surface area contributed by atoms with Crippen molar-refractivity contribution >= 4 is 26.1 Å². The third-order valence-corrected chi connectivity index (χ3v) is 11.7. The molecule has 0 radical (unpaired) electrons. The van der Waals surface area contributed by atoms with Crippen molar-refractivity contribution in [1.29, 1.82) is 0 Å². The summed E-state index contributed by atoms with van der Waals surface area (Å²) in [7, 11) is -11.7. The van der Waals surface area contributed by atoms with Crippen LogP contribution in [-0.2, 0) is 45.3 Å². The molecule has 7 aromatic rings. The predicted molar refractivity (Wildman–Crippen MR) is 200 cm³/mol. The van der Waals surface area contributed by atoms with Crippen LogP contribution >= 0.6 is 15.2 Å². The zero-order valence-electron chi connectivity index (χ0n) is 29.2. The summed E-state index contributed by atoms with van der Waals surface area (Å²) >= 11 is 0. The van der Waals surface area contributed by atoms with Gasteiger partial charge in [0, 0.05) is 34.9 Å². The van der Waals surface area contributed by atoms with Gasteiger partial charge >= 0.3 is 26.5 Å². The van der Waals surface area contributed by atoms with Crippen LogP contribution in [-0.4, -0.2) is 34.3 Å². The molecule has 0 spiro atoms. The van der Waals surface area contributed by atoms with Crippen LogP contribution in [0.4, 0.5) is 17.6 Å². The molecule has 10 nitrogen and oxygen atoms in total. The molecule has 0 saturated carbocycles. The van der Waals surface area contributed by atoms with E-state index in [0.29, 0.717) is 28.8 Å². The largest absolute Gasteiger partial charge is 0.399 e. The maximum absolute atomic E-state index is 14.7. The van der Waals surface area contributed by atoms with E-state index in [1.54, 1.807) is 24.3 Å². The molecule has 56 heavy (non-hydrogen) atoms. The van der Waals surface area contributed by atoms with Crippen molar-refractivity contribution in [2.24, 2.45) is 0 Å². The normalized spacial score (nSPS) is 13.0. The summed E-state index contributed by atoms with van der Waals surface area (Å²) in [5.74, 6) is 0.307. The van der Waals surface area contributed by atoms with Crippen LogP contribution in [0.15, 0.2) is 144 Å². The minimum atomic E-state index is -5.86. The van der Waals surface area contributed by atoms with Crippen molar-refractivity contribution in [3.8, 4) is 11.4 Å². The maximum Gasteiger partial charge on any atom is 0.399 e. The van der Waals surface area contributed by atoms with E-state index < -0.39 is 43.1 Å². The second-order valence-corrected chi connectivity index (χ2v) is 16.8. The molecule has 4 N–H and O–H groups in total. The number of benzene rings is 5. The van der Waals surface area contributed by atoms with Crippen molar-refractivity contribution in [2.75, 3.05) is 0 Å². The van der Waals surface area contributed by atoms with Crippen molar-refractivity contribution in [3.63, 3.8) is 0 Å². The Hall–Kier alpha value is -5.20. The molecule has 0 amide bonds. The van der Waals surface area contributed by atoms with E-state index in [0.717, 1.165) is 40.7 Å². The monoisotopic (exact) mass is 805 g/mol. The van der Waals surface area contributed by atoms with E-state index in [-0.39, 0.29) is 24.6 Å². The molecule has 0 aliphatic rings. The van der Waals surface area contributed by atoms with Crippen LogP contribution in [0.2, 0.25) is 0 Å². The lowest BCUT2D eigenvalue weighted by Gasteiger charge is -2.32. The zero-order chi connectivity index (χ0) is 39.9. The Morgan fingerprint density at radius 2 is 1.11 bits per heavy atom. The molecule has 5 aromatic carbocycles. The average molecular weight is 806 g/mol. The molecule has 2 heterocycles. The van der Waals surface area contributed by atoms with Gasteiger partial charge in [0.25, 0.3) is 0 Å². The summed E-state index contributed by atoms with van der Waals surface area (Å²) in [5, 5.41) is 5.08. The van der Waals surface area contributed by atoms with E-state index in [2.05, 4.69) is 9.72 Å². The first kappa shape index (κ1) is 39.1. The van der Waals surface area contributed by atoms with Crippen molar-refractivity contribution in [3.05, 3.63) is 179 Å². The molecule has 0 aliphatic heterocycles. The second kappa shape index (κ2) is 14.7. The van der Waals surface area contributed by atoms with E-state index in [1.165, 1.54) is 24.3 Å². The molecule has 7 rings (SSSR count). The van der Waals surface area contributed by atoms with Gasteiger partial charge in [-0.1, -0.05) is 120 Å². The molecule has 16 heteroatoms. The van der Waals surface area contributed by atoms with Gasteiger partial charge in [0.05, 0.1) is 5.41 Å². The lowest BCUT2D eigenvalue weighted by atomic mass is 9.70. The third-order valence-electron chi connectivity index (χ3n) is 9.73. The molecule has 2 aromatic heterocycles. The smallest absolute Gasteiger partial charge is 0.343 e. The number of fused-ring (bicyclic) bond motifs is 1. The van der Waals surface area contributed by atoms with Crippen molar-refractivity contribution in [2.45, 2.75) is 36.1 Å². The fraction of sp³-hybridized carbons (Fsp3) is 0.150.